The number of anilines is 1. The number of aromatic nitrogens is 2. The molecule has 1 atom stereocenters. The van der Waals surface area contributed by atoms with Crippen LogP contribution in [0.1, 0.15) is 29.7 Å². The molecule has 37 heavy (non-hydrogen) atoms. The van der Waals surface area contributed by atoms with Gasteiger partial charge in [0, 0.05) is 38.9 Å². The van der Waals surface area contributed by atoms with Crippen LogP contribution in [0.2, 0.25) is 0 Å². The number of pyridine rings is 1. The predicted octanol–water partition coefficient (Wildman–Crippen LogP) is 3.08. The average molecular weight is 536 g/mol. The molecule has 2 aliphatic rings. The van der Waals surface area contributed by atoms with Crippen LogP contribution in [0.5, 0.6) is 0 Å². The summed E-state index contributed by atoms with van der Waals surface area (Å²) >= 11 is 6.82. The van der Waals surface area contributed by atoms with E-state index in [9.17, 15) is 14.7 Å². The van der Waals surface area contributed by atoms with E-state index in [1.807, 2.05) is 56.3 Å². The molecule has 8 nitrogen and oxygen atoms in total. The maximum Gasteiger partial charge on any atom is 0.267 e. The maximum absolute atomic E-state index is 13.8. The number of aliphatic hydroxyl groups excluding tert-OH is 1. The van der Waals surface area contributed by atoms with Gasteiger partial charge in [-0.05, 0) is 37.1 Å². The minimum atomic E-state index is -0.225. The largest absolute Gasteiger partial charge is 0.395 e. The Hall–Kier alpha value is -3.05. The molecule has 0 aliphatic carbocycles. The first kappa shape index (κ1) is 25.6. The molecule has 0 spiro atoms. The lowest BCUT2D eigenvalue weighted by Gasteiger charge is -2.35. The van der Waals surface area contributed by atoms with Crippen LogP contribution in [0.4, 0.5) is 5.82 Å². The first-order valence-corrected chi connectivity index (χ1v) is 13.5. The molecule has 2 aliphatic heterocycles. The Balaban J connectivity index is 1.56. The second-order valence-corrected chi connectivity index (χ2v) is 10.9. The molecular weight excluding hydrogens is 506 g/mol. The molecule has 5 rings (SSSR count). The van der Waals surface area contributed by atoms with E-state index < -0.39 is 0 Å². The standard InChI is InChI=1S/C27H29N5O3S2/c1-18-7-6-10-31-23(18)28-24(30-13-11-29(12-14-30)15-16-33)21(25(31)34)17-22-26(35)32(27(36)37-22)19(2)20-8-4-3-5-9-20/h3-10,17,19,33H,11-16H2,1-2H3/b22-17-/t19-/m1/s1. The summed E-state index contributed by atoms with van der Waals surface area (Å²) in [7, 11) is 0. The fraction of sp³-hybridized carbons (Fsp3) is 0.333. The number of hydrogen-bond donors (Lipinski definition) is 1. The summed E-state index contributed by atoms with van der Waals surface area (Å²) in [6, 6.07) is 13.3. The van der Waals surface area contributed by atoms with Gasteiger partial charge in [0.2, 0.25) is 0 Å². The molecule has 2 fully saturated rings. The lowest BCUT2D eigenvalue weighted by molar-refractivity contribution is -0.123. The number of thiocarbonyl (C=S) groups is 1. The molecule has 192 valence electrons. The van der Waals surface area contributed by atoms with Gasteiger partial charge in [-0.25, -0.2) is 4.98 Å². The molecule has 0 bridgehead atoms. The summed E-state index contributed by atoms with van der Waals surface area (Å²) in [5, 5.41) is 9.30. The van der Waals surface area contributed by atoms with Crippen LogP contribution in [0.3, 0.4) is 0 Å². The molecule has 1 aromatic carbocycles. The number of nitrogens with zero attached hydrogens (tertiary/aromatic N) is 5. The number of fused-ring (bicyclic) bond motifs is 1. The smallest absolute Gasteiger partial charge is 0.267 e. The summed E-state index contributed by atoms with van der Waals surface area (Å²) in [5.74, 6) is 0.364. The van der Waals surface area contributed by atoms with Gasteiger partial charge in [0.1, 0.15) is 15.8 Å². The number of carbonyl (C=O) groups excluding carboxylic acids is 1. The third kappa shape index (κ3) is 4.94. The van der Waals surface area contributed by atoms with Gasteiger partial charge in [-0.3, -0.25) is 23.8 Å². The van der Waals surface area contributed by atoms with E-state index >= 15 is 0 Å². The van der Waals surface area contributed by atoms with Crippen LogP contribution in [0.25, 0.3) is 11.7 Å². The summed E-state index contributed by atoms with van der Waals surface area (Å²) in [4.78, 5) is 38.6. The molecule has 0 saturated carbocycles. The molecule has 3 aromatic rings. The predicted molar refractivity (Wildman–Crippen MR) is 152 cm³/mol. The lowest BCUT2D eigenvalue weighted by atomic mass is 10.1. The van der Waals surface area contributed by atoms with Gasteiger partial charge in [-0.1, -0.05) is 60.4 Å². The van der Waals surface area contributed by atoms with Gasteiger partial charge in [0.15, 0.2) is 0 Å². The Morgan fingerprint density at radius 1 is 1.11 bits per heavy atom. The number of amides is 1. The van der Waals surface area contributed by atoms with Crippen LogP contribution in [0, 0.1) is 6.92 Å². The van der Waals surface area contributed by atoms with E-state index in [1.165, 1.54) is 11.8 Å². The van der Waals surface area contributed by atoms with Gasteiger partial charge in [0.25, 0.3) is 11.5 Å². The van der Waals surface area contributed by atoms with E-state index in [4.69, 9.17) is 17.2 Å². The summed E-state index contributed by atoms with van der Waals surface area (Å²) in [6.45, 7) is 7.47. The highest BCUT2D eigenvalue weighted by Gasteiger charge is 2.36. The number of carbonyl (C=O) groups is 1. The van der Waals surface area contributed by atoms with Crippen molar-refractivity contribution in [3.05, 3.63) is 80.6 Å². The van der Waals surface area contributed by atoms with Crippen LogP contribution < -0.4 is 10.5 Å². The molecule has 1 N–H and O–H groups in total. The monoisotopic (exact) mass is 535 g/mol. The Bertz CT molecular complexity index is 1430. The highest BCUT2D eigenvalue weighted by Crippen LogP contribution is 2.38. The Morgan fingerprint density at radius 2 is 1.84 bits per heavy atom. The molecule has 10 heteroatoms. The number of benzene rings is 1. The fourth-order valence-electron chi connectivity index (χ4n) is 4.82. The zero-order valence-electron chi connectivity index (χ0n) is 20.8. The molecule has 0 unspecified atom stereocenters. The molecular formula is C27H29N5O3S2. The fourth-order valence-corrected chi connectivity index (χ4v) is 6.22. The van der Waals surface area contributed by atoms with Crippen LogP contribution >= 0.6 is 24.0 Å². The van der Waals surface area contributed by atoms with Gasteiger partial charge >= 0.3 is 0 Å². The van der Waals surface area contributed by atoms with Crippen molar-refractivity contribution >= 4 is 51.7 Å². The number of thioether (sulfide) groups is 1. The van der Waals surface area contributed by atoms with Crippen molar-refractivity contribution in [1.29, 1.82) is 0 Å². The first-order valence-electron chi connectivity index (χ1n) is 12.3. The van der Waals surface area contributed by atoms with Crippen LogP contribution in [0.15, 0.2) is 58.4 Å². The minimum Gasteiger partial charge on any atom is -0.395 e. The number of aliphatic hydroxyl groups is 1. The van der Waals surface area contributed by atoms with Crippen molar-refractivity contribution < 1.29 is 9.90 Å². The van der Waals surface area contributed by atoms with Crippen molar-refractivity contribution in [1.82, 2.24) is 19.2 Å². The van der Waals surface area contributed by atoms with Crippen LogP contribution in [-0.4, -0.2) is 73.8 Å². The van der Waals surface area contributed by atoms with Crippen molar-refractivity contribution in [2.24, 2.45) is 0 Å². The third-order valence-corrected chi connectivity index (χ3v) is 8.25. The van der Waals surface area contributed by atoms with Crippen molar-refractivity contribution in [3.63, 3.8) is 0 Å². The molecule has 2 saturated heterocycles. The quantitative estimate of drug-likeness (QED) is 0.381. The summed E-state index contributed by atoms with van der Waals surface area (Å²) in [5.41, 5.74) is 2.65. The Kier molecular flexibility index (Phi) is 7.43. The minimum absolute atomic E-state index is 0.114. The number of β-amino-alcohol motifs (C(OH)–C–C–N with tert-alkyl or cyclic N) is 1. The van der Waals surface area contributed by atoms with Gasteiger partial charge in [-0.15, -0.1) is 0 Å². The summed E-state index contributed by atoms with van der Waals surface area (Å²) < 4.78 is 2.01. The third-order valence-electron chi connectivity index (χ3n) is 6.92. The topological polar surface area (TPSA) is 81.4 Å². The number of rotatable bonds is 6. The Labute approximate surface area is 225 Å². The maximum atomic E-state index is 13.8. The molecule has 2 aromatic heterocycles. The second-order valence-electron chi connectivity index (χ2n) is 9.23. The number of piperazine rings is 1. The zero-order chi connectivity index (χ0) is 26.1. The highest BCUT2D eigenvalue weighted by atomic mass is 32.2. The van der Waals surface area contributed by atoms with E-state index in [0.29, 0.717) is 45.9 Å². The summed E-state index contributed by atoms with van der Waals surface area (Å²) in [6.07, 6.45) is 3.37. The SMILES string of the molecule is Cc1cccn2c(=O)c(/C=C3\SC(=S)N([C@H](C)c4ccccc4)C3=O)c(N3CCN(CCO)CC3)nc12. The van der Waals surface area contributed by atoms with Crippen molar-refractivity contribution in [3.8, 4) is 0 Å². The number of hydrogen-bond acceptors (Lipinski definition) is 8. The van der Waals surface area contributed by atoms with Gasteiger partial charge < -0.3 is 10.0 Å². The van der Waals surface area contributed by atoms with Gasteiger partial charge in [0.05, 0.1) is 23.1 Å². The molecule has 0 radical (unpaired) electrons. The van der Waals surface area contributed by atoms with Crippen LogP contribution in [-0.2, 0) is 4.79 Å². The number of aryl methyl sites for hydroxylation is 1. The highest BCUT2D eigenvalue weighted by molar-refractivity contribution is 8.26. The second kappa shape index (κ2) is 10.7. The lowest BCUT2D eigenvalue weighted by Crippen LogP contribution is -2.48. The van der Waals surface area contributed by atoms with Crippen molar-refractivity contribution in [2.75, 3.05) is 44.2 Å². The zero-order valence-corrected chi connectivity index (χ0v) is 22.5. The first-order chi connectivity index (χ1) is 17.9. The van der Waals surface area contributed by atoms with E-state index in [-0.39, 0.29) is 24.1 Å². The molecule has 4 heterocycles. The van der Waals surface area contributed by atoms with Crippen molar-refractivity contribution in [2.45, 2.75) is 19.9 Å². The van der Waals surface area contributed by atoms with E-state index in [0.717, 1.165) is 24.2 Å². The van der Waals surface area contributed by atoms with E-state index in [2.05, 4.69) is 9.80 Å². The van der Waals surface area contributed by atoms with Gasteiger partial charge in [-0.2, -0.15) is 0 Å². The van der Waals surface area contributed by atoms with E-state index in [1.54, 1.807) is 21.6 Å². The normalized spacial score (nSPS) is 18.8. The molecule has 1 amide bonds. The Morgan fingerprint density at radius 3 is 2.54 bits per heavy atom. The average Bonchev–Trinajstić information content (AvgIpc) is 3.19.